The molecule has 0 aliphatic carbocycles. The Morgan fingerprint density at radius 1 is 1.47 bits per heavy atom. The van der Waals surface area contributed by atoms with Crippen LogP contribution in [0.4, 0.5) is 0 Å². The van der Waals surface area contributed by atoms with Gasteiger partial charge in [0, 0.05) is 19.5 Å². The highest BCUT2D eigenvalue weighted by atomic mass is 16.3. The first-order chi connectivity index (χ1) is 8.22. The maximum atomic E-state index is 11.0. The molecule has 1 atom stereocenters. The number of fused-ring (bicyclic) bond motifs is 1. The fourth-order valence-corrected chi connectivity index (χ4v) is 2.49. The number of aliphatic hydroxyl groups is 1. The lowest BCUT2D eigenvalue weighted by Gasteiger charge is -2.36. The highest BCUT2D eigenvalue weighted by Crippen LogP contribution is 2.29. The number of aliphatic hydroxyl groups excluding tert-OH is 1. The minimum Gasteiger partial charge on any atom is -0.394 e. The van der Waals surface area contributed by atoms with E-state index in [2.05, 4.69) is 17.0 Å². The van der Waals surface area contributed by atoms with Gasteiger partial charge >= 0.3 is 0 Å². The van der Waals surface area contributed by atoms with Gasteiger partial charge in [-0.05, 0) is 24.5 Å². The minimum absolute atomic E-state index is 0.0549. The summed E-state index contributed by atoms with van der Waals surface area (Å²) in [6.45, 7) is 3.41. The summed E-state index contributed by atoms with van der Waals surface area (Å²) in [5.41, 5.74) is 2.54. The number of nitrogens with zero attached hydrogens (tertiary/aromatic N) is 1. The van der Waals surface area contributed by atoms with Gasteiger partial charge in [-0.3, -0.25) is 9.69 Å². The molecule has 1 aromatic rings. The number of carbonyl (C=O) groups excluding carboxylic acids is 1. The quantitative estimate of drug-likeness (QED) is 0.858. The zero-order valence-corrected chi connectivity index (χ0v) is 10.2. The van der Waals surface area contributed by atoms with Gasteiger partial charge in [0.05, 0.1) is 12.6 Å². The SMILES string of the molecule is CC(=O)CCN1CCc2ccccc2C1CO. The Labute approximate surface area is 102 Å². The van der Waals surface area contributed by atoms with Gasteiger partial charge < -0.3 is 5.11 Å². The Morgan fingerprint density at radius 2 is 2.24 bits per heavy atom. The lowest BCUT2D eigenvalue weighted by Crippen LogP contribution is -2.38. The van der Waals surface area contributed by atoms with Gasteiger partial charge in [0.15, 0.2) is 0 Å². The van der Waals surface area contributed by atoms with Crippen LogP contribution in [0.3, 0.4) is 0 Å². The molecule has 0 fully saturated rings. The van der Waals surface area contributed by atoms with Crippen molar-refractivity contribution in [3.63, 3.8) is 0 Å². The van der Waals surface area contributed by atoms with Crippen molar-refractivity contribution in [2.45, 2.75) is 25.8 Å². The molecule has 0 radical (unpaired) electrons. The van der Waals surface area contributed by atoms with E-state index in [0.717, 1.165) is 19.5 Å². The van der Waals surface area contributed by atoms with Crippen LogP contribution >= 0.6 is 0 Å². The van der Waals surface area contributed by atoms with Crippen molar-refractivity contribution in [3.8, 4) is 0 Å². The molecule has 1 aliphatic heterocycles. The fourth-order valence-electron chi connectivity index (χ4n) is 2.49. The predicted molar refractivity (Wildman–Crippen MR) is 66.8 cm³/mol. The second kappa shape index (κ2) is 5.43. The maximum absolute atomic E-state index is 11.0. The summed E-state index contributed by atoms with van der Waals surface area (Å²) in [5, 5.41) is 9.55. The first-order valence-electron chi connectivity index (χ1n) is 6.14. The van der Waals surface area contributed by atoms with Crippen LogP contribution in [0.1, 0.15) is 30.5 Å². The van der Waals surface area contributed by atoms with Crippen molar-refractivity contribution in [3.05, 3.63) is 35.4 Å². The average molecular weight is 233 g/mol. The Morgan fingerprint density at radius 3 is 2.94 bits per heavy atom. The molecular weight excluding hydrogens is 214 g/mol. The number of hydrogen-bond donors (Lipinski definition) is 1. The van der Waals surface area contributed by atoms with E-state index in [9.17, 15) is 9.90 Å². The summed E-state index contributed by atoms with van der Waals surface area (Å²) in [6.07, 6.45) is 1.57. The van der Waals surface area contributed by atoms with E-state index in [-0.39, 0.29) is 18.4 Å². The van der Waals surface area contributed by atoms with Crippen molar-refractivity contribution >= 4 is 5.78 Å². The molecule has 0 aromatic heterocycles. The monoisotopic (exact) mass is 233 g/mol. The zero-order chi connectivity index (χ0) is 12.3. The molecule has 3 heteroatoms. The summed E-state index contributed by atoms with van der Waals surface area (Å²) < 4.78 is 0. The summed E-state index contributed by atoms with van der Waals surface area (Å²) in [7, 11) is 0. The number of Topliss-reactive ketones (excluding diaryl/α,β-unsaturated/α-hetero) is 1. The van der Waals surface area contributed by atoms with E-state index in [4.69, 9.17) is 0 Å². The first kappa shape index (κ1) is 12.3. The lowest BCUT2D eigenvalue weighted by atomic mass is 9.93. The van der Waals surface area contributed by atoms with Gasteiger partial charge in [-0.1, -0.05) is 24.3 Å². The molecule has 1 heterocycles. The summed E-state index contributed by atoms with van der Waals surface area (Å²) >= 11 is 0. The third-order valence-electron chi connectivity index (χ3n) is 3.45. The van der Waals surface area contributed by atoms with Crippen LogP contribution in [0, 0.1) is 0 Å². The highest BCUT2D eigenvalue weighted by molar-refractivity contribution is 5.75. The molecule has 0 bridgehead atoms. The molecule has 17 heavy (non-hydrogen) atoms. The molecule has 3 nitrogen and oxygen atoms in total. The first-order valence-corrected chi connectivity index (χ1v) is 6.14. The summed E-state index contributed by atoms with van der Waals surface area (Å²) in [6, 6.07) is 8.31. The van der Waals surface area contributed by atoms with Crippen LogP contribution < -0.4 is 0 Å². The number of ketones is 1. The number of benzene rings is 1. The van der Waals surface area contributed by atoms with Crippen molar-refractivity contribution in [1.29, 1.82) is 0 Å². The van der Waals surface area contributed by atoms with E-state index >= 15 is 0 Å². The van der Waals surface area contributed by atoms with E-state index in [1.54, 1.807) is 6.92 Å². The van der Waals surface area contributed by atoms with Crippen LogP contribution in [0.5, 0.6) is 0 Å². The smallest absolute Gasteiger partial charge is 0.131 e. The molecule has 1 N–H and O–H groups in total. The Balaban J connectivity index is 2.14. The van der Waals surface area contributed by atoms with E-state index in [0.29, 0.717) is 6.42 Å². The standard InChI is InChI=1S/C14H19NO2/c1-11(17)6-8-15-9-7-12-4-2-3-5-13(12)14(15)10-16/h2-5,14,16H,6-10H2,1H3. The van der Waals surface area contributed by atoms with Crippen molar-refractivity contribution in [2.24, 2.45) is 0 Å². The highest BCUT2D eigenvalue weighted by Gasteiger charge is 2.26. The normalized spacial score (nSPS) is 20.0. The second-order valence-corrected chi connectivity index (χ2v) is 4.64. The average Bonchev–Trinajstić information content (AvgIpc) is 2.35. The molecule has 1 aliphatic rings. The number of hydrogen-bond acceptors (Lipinski definition) is 3. The Bertz CT molecular complexity index is 403. The maximum Gasteiger partial charge on any atom is 0.131 e. The van der Waals surface area contributed by atoms with E-state index in [1.807, 2.05) is 12.1 Å². The molecular formula is C14H19NO2. The van der Waals surface area contributed by atoms with Crippen LogP contribution in [0.2, 0.25) is 0 Å². The summed E-state index contributed by atoms with van der Waals surface area (Å²) in [4.78, 5) is 13.2. The Kier molecular flexibility index (Phi) is 3.92. The van der Waals surface area contributed by atoms with Crippen LogP contribution in [0.25, 0.3) is 0 Å². The molecule has 0 spiro atoms. The molecule has 0 saturated carbocycles. The molecule has 1 aromatic carbocycles. The second-order valence-electron chi connectivity index (χ2n) is 4.64. The van der Waals surface area contributed by atoms with E-state index in [1.165, 1.54) is 11.1 Å². The minimum atomic E-state index is 0.0549. The van der Waals surface area contributed by atoms with Gasteiger partial charge in [0.1, 0.15) is 5.78 Å². The topological polar surface area (TPSA) is 40.5 Å². The molecule has 2 rings (SSSR count). The zero-order valence-electron chi connectivity index (χ0n) is 10.2. The van der Waals surface area contributed by atoms with Gasteiger partial charge in [-0.2, -0.15) is 0 Å². The van der Waals surface area contributed by atoms with Gasteiger partial charge in [0.2, 0.25) is 0 Å². The lowest BCUT2D eigenvalue weighted by molar-refractivity contribution is -0.117. The third kappa shape index (κ3) is 2.73. The van der Waals surface area contributed by atoms with Gasteiger partial charge in [-0.25, -0.2) is 0 Å². The van der Waals surface area contributed by atoms with Gasteiger partial charge in [0.25, 0.3) is 0 Å². The van der Waals surface area contributed by atoms with Crippen LogP contribution in [-0.2, 0) is 11.2 Å². The van der Waals surface area contributed by atoms with Crippen molar-refractivity contribution < 1.29 is 9.90 Å². The molecule has 0 amide bonds. The van der Waals surface area contributed by atoms with Crippen molar-refractivity contribution in [2.75, 3.05) is 19.7 Å². The van der Waals surface area contributed by atoms with Crippen LogP contribution in [0.15, 0.2) is 24.3 Å². The molecule has 1 unspecified atom stereocenters. The van der Waals surface area contributed by atoms with Crippen molar-refractivity contribution in [1.82, 2.24) is 4.90 Å². The Hall–Kier alpha value is -1.19. The van der Waals surface area contributed by atoms with E-state index < -0.39 is 0 Å². The molecule has 92 valence electrons. The number of rotatable bonds is 4. The number of carbonyl (C=O) groups is 1. The van der Waals surface area contributed by atoms with Gasteiger partial charge in [-0.15, -0.1) is 0 Å². The fraction of sp³-hybridized carbons (Fsp3) is 0.500. The van der Waals surface area contributed by atoms with Crippen LogP contribution in [-0.4, -0.2) is 35.5 Å². The third-order valence-corrected chi connectivity index (χ3v) is 3.45. The summed E-state index contributed by atoms with van der Waals surface area (Å²) in [5.74, 6) is 0.209. The predicted octanol–water partition coefficient (Wildman–Crippen LogP) is 1.56. The molecule has 0 saturated heterocycles. The largest absolute Gasteiger partial charge is 0.394 e.